The lowest BCUT2D eigenvalue weighted by Crippen LogP contribution is -2.58. The van der Waals surface area contributed by atoms with Crippen LogP contribution in [0, 0.1) is 11.6 Å². The van der Waals surface area contributed by atoms with E-state index in [0.29, 0.717) is 19.2 Å². The molecule has 0 unspecified atom stereocenters. The number of alkyl halides is 3. The van der Waals surface area contributed by atoms with Gasteiger partial charge in [0.15, 0.2) is 0 Å². The van der Waals surface area contributed by atoms with Gasteiger partial charge in [0.05, 0.1) is 30.3 Å². The Balaban J connectivity index is 1.77. The second kappa shape index (κ2) is 12.7. The molecule has 3 atom stereocenters. The number of ether oxygens (including phenoxy) is 1. The number of hydrogen-bond donors (Lipinski definition) is 0. The Kier molecular flexibility index (Phi) is 9.30. The Morgan fingerprint density at radius 3 is 2.44 bits per heavy atom. The summed E-state index contributed by atoms with van der Waals surface area (Å²) in [6, 6.07) is 2.59. The molecule has 14 heteroatoms. The van der Waals surface area contributed by atoms with Crippen molar-refractivity contribution in [2.45, 2.75) is 49.7 Å². The van der Waals surface area contributed by atoms with Crippen molar-refractivity contribution in [2.75, 3.05) is 51.0 Å². The number of rotatable bonds is 7. The number of piperazine rings is 1. The van der Waals surface area contributed by atoms with E-state index in [1.807, 2.05) is 19.0 Å². The zero-order valence-corrected chi connectivity index (χ0v) is 26.1. The lowest BCUT2D eigenvalue weighted by atomic mass is 9.95. The van der Waals surface area contributed by atoms with Crippen molar-refractivity contribution in [2.24, 2.45) is 0 Å². The number of nitrogens with zero attached hydrogens (tertiary/aromatic N) is 5. The molecule has 45 heavy (non-hydrogen) atoms. The summed E-state index contributed by atoms with van der Waals surface area (Å²) >= 11 is 1.04. The Bertz CT molecular complexity index is 1680. The fourth-order valence-corrected chi connectivity index (χ4v) is 7.37. The maximum Gasteiger partial charge on any atom is 0.417 e. The van der Waals surface area contributed by atoms with Crippen molar-refractivity contribution in [3.63, 3.8) is 0 Å². The molecule has 5 rings (SSSR count). The second-order valence-corrected chi connectivity index (χ2v) is 12.7. The van der Waals surface area contributed by atoms with Crippen LogP contribution in [-0.2, 0) is 22.3 Å². The number of likely N-dealkylation sites (N-methyl/N-ethyl adjacent to an activating group) is 1. The molecule has 0 spiro atoms. The molecule has 0 bridgehead atoms. The third kappa shape index (κ3) is 6.45. The highest BCUT2D eigenvalue weighted by Gasteiger charge is 2.40. The first kappa shape index (κ1) is 32.9. The summed E-state index contributed by atoms with van der Waals surface area (Å²) in [6.45, 7) is 8.47. The average molecular weight is 652 g/mol. The Labute approximate surface area is 261 Å². The summed E-state index contributed by atoms with van der Waals surface area (Å²) in [5.41, 5.74) is -2.57. The maximum atomic E-state index is 15.3. The van der Waals surface area contributed by atoms with Gasteiger partial charge in [-0.2, -0.15) is 18.2 Å². The minimum atomic E-state index is -4.94. The van der Waals surface area contributed by atoms with Crippen LogP contribution in [0.2, 0.25) is 0 Å². The molecule has 0 aliphatic carbocycles. The Hall–Kier alpha value is -3.49. The second-order valence-electron chi connectivity index (χ2n) is 11.6. The molecule has 242 valence electrons. The number of thioether (sulfide) groups is 1. The van der Waals surface area contributed by atoms with Crippen LogP contribution in [0.5, 0.6) is 0 Å². The quantitative estimate of drug-likeness (QED) is 0.263. The van der Waals surface area contributed by atoms with Crippen LogP contribution in [0.15, 0.2) is 46.6 Å². The van der Waals surface area contributed by atoms with E-state index in [9.17, 15) is 27.2 Å². The lowest BCUT2D eigenvalue weighted by Gasteiger charge is -2.44. The molecule has 3 aromatic rings. The van der Waals surface area contributed by atoms with Gasteiger partial charge in [0, 0.05) is 64.9 Å². The van der Waals surface area contributed by atoms with E-state index >= 15 is 4.39 Å². The summed E-state index contributed by atoms with van der Waals surface area (Å²) in [5, 5.41) is 0.0625. The third-order valence-electron chi connectivity index (χ3n) is 8.04. The number of hydrogen-bond acceptors (Lipinski definition) is 7. The molecule has 2 aliphatic heterocycles. The number of amides is 1. The molecular formula is C31H34F5N5O3S. The van der Waals surface area contributed by atoms with E-state index in [1.165, 1.54) is 10.6 Å². The predicted octanol–water partition coefficient (Wildman–Crippen LogP) is 5.02. The maximum absolute atomic E-state index is 15.3. The van der Waals surface area contributed by atoms with Gasteiger partial charge in [-0.3, -0.25) is 9.36 Å². The fourth-order valence-electron chi connectivity index (χ4n) is 6.10. The minimum Gasteiger partial charge on any atom is -0.374 e. The third-order valence-corrected chi connectivity index (χ3v) is 9.27. The topological polar surface area (TPSA) is 70.9 Å². The smallest absolute Gasteiger partial charge is 0.374 e. The number of halogens is 5. The summed E-state index contributed by atoms with van der Waals surface area (Å²) in [6.07, 6.45) is -4.30. The standard InChI is InChI=1S/C31H34F5N5O3S/c1-6-25(42)41-17(2)13-39(14-18(41)3)29-22-12-23(31(34,35)36)26(21-8-7-19(32)11-24(21)33)28-27(22)40(30(43)37-29)15-20(16-45-28)44-10-9-38(4)5/h6-8,11-12,17-18,20H,1,9-10,13-16H2,2-5H3/t17-,18+,20-/m0/s1. The normalized spacial score (nSPS) is 20.5. The predicted molar refractivity (Wildman–Crippen MR) is 164 cm³/mol. The van der Waals surface area contributed by atoms with Crippen molar-refractivity contribution in [3.8, 4) is 11.1 Å². The van der Waals surface area contributed by atoms with Crippen LogP contribution in [0.25, 0.3) is 22.0 Å². The van der Waals surface area contributed by atoms with Gasteiger partial charge < -0.3 is 19.4 Å². The van der Waals surface area contributed by atoms with E-state index in [4.69, 9.17) is 4.74 Å². The van der Waals surface area contributed by atoms with E-state index in [0.717, 1.165) is 30.0 Å². The van der Waals surface area contributed by atoms with Crippen LogP contribution in [-0.4, -0.2) is 89.5 Å². The Morgan fingerprint density at radius 1 is 1.16 bits per heavy atom. The minimum absolute atomic E-state index is 0.0150. The zero-order valence-electron chi connectivity index (χ0n) is 25.3. The SMILES string of the molecule is C=CC(=O)N1[C@H](C)CN(c2nc(=O)n3c4c(c(-c5ccc(F)cc5F)c(C(F)(F)F)cc24)SC[C@@H](OCCN(C)C)C3)C[C@@H]1C. The first-order valence-electron chi connectivity index (χ1n) is 14.4. The van der Waals surface area contributed by atoms with Crippen molar-refractivity contribution in [1.29, 1.82) is 0 Å². The van der Waals surface area contributed by atoms with Gasteiger partial charge in [-0.15, -0.1) is 11.8 Å². The molecule has 1 amide bonds. The summed E-state index contributed by atoms with van der Waals surface area (Å²) in [4.78, 5) is 35.9. The molecule has 0 saturated carbocycles. The van der Waals surface area contributed by atoms with E-state index in [-0.39, 0.29) is 65.0 Å². The van der Waals surface area contributed by atoms with E-state index in [2.05, 4.69) is 11.6 Å². The summed E-state index contributed by atoms with van der Waals surface area (Å²) < 4.78 is 81.2. The molecule has 1 saturated heterocycles. The monoisotopic (exact) mass is 651 g/mol. The van der Waals surface area contributed by atoms with Crippen LogP contribution >= 0.6 is 11.8 Å². The zero-order chi connectivity index (χ0) is 32.8. The molecule has 1 fully saturated rings. The lowest BCUT2D eigenvalue weighted by molar-refractivity contribution is -0.137. The van der Waals surface area contributed by atoms with Gasteiger partial charge in [0.25, 0.3) is 0 Å². The highest BCUT2D eigenvalue weighted by atomic mass is 32.2. The van der Waals surface area contributed by atoms with E-state index in [1.54, 1.807) is 23.6 Å². The van der Waals surface area contributed by atoms with Gasteiger partial charge >= 0.3 is 11.9 Å². The molecule has 8 nitrogen and oxygen atoms in total. The number of anilines is 1. The van der Waals surface area contributed by atoms with Crippen LogP contribution in [0.1, 0.15) is 19.4 Å². The van der Waals surface area contributed by atoms with Crippen LogP contribution in [0.4, 0.5) is 27.8 Å². The molecular weight excluding hydrogens is 617 g/mol. The fraction of sp³-hybridized carbons (Fsp3) is 0.452. The number of carbonyl (C=O) groups is 1. The van der Waals surface area contributed by atoms with Gasteiger partial charge in [-0.05, 0) is 52.2 Å². The number of aromatic nitrogens is 2. The van der Waals surface area contributed by atoms with Crippen molar-refractivity contribution >= 4 is 34.4 Å². The molecule has 3 heterocycles. The number of carbonyl (C=O) groups excluding carboxylic acids is 1. The average Bonchev–Trinajstić information content (AvgIpc) is 3.14. The molecule has 0 N–H and O–H groups in total. The highest BCUT2D eigenvalue weighted by Crippen LogP contribution is 2.49. The largest absolute Gasteiger partial charge is 0.417 e. The first-order chi connectivity index (χ1) is 21.2. The molecule has 2 aliphatic rings. The van der Waals surface area contributed by atoms with E-state index < -0.39 is 46.3 Å². The Morgan fingerprint density at radius 2 is 1.84 bits per heavy atom. The van der Waals surface area contributed by atoms with Crippen molar-refractivity contribution in [3.05, 3.63) is 64.6 Å². The van der Waals surface area contributed by atoms with Crippen LogP contribution in [0.3, 0.4) is 0 Å². The molecule has 2 aromatic carbocycles. The van der Waals surface area contributed by atoms with Gasteiger partial charge in [-0.25, -0.2) is 13.6 Å². The first-order valence-corrected chi connectivity index (χ1v) is 15.4. The van der Waals surface area contributed by atoms with Crippen LogP contribution < -0.4 is 10.6 Å². The van der Waals surface area contributed by atoms with Crippen molar-refractivity contribution in [1.82, 2.24) is 19.4 Å². The molecule has 1 aromatic heterocycles. The highest BCUT2D eigenvalue weighted by molar-refractivity contribution is 7.99. The van der Waals surface area contributed by atoms with Crippen molar-refractivity contribution < 1.29 is 31.5 Å². The van der Waals surface area contributed by atoms with Gasteiger partial charge in [0.2, 0.25) is 5.91 Å². The summed E-state index contributed by atoms with van der Waals surface area (Å²) in [5.74, 6) is -2.15. The molecule has 0 radical (unpaired) electrons. The van der Waals surface area contributed by atoms with Gasteiger partial charge in [0.1, 0.15) is 17.5 Å². The van der Waals surface area contributed by atoms with Gasteiger partial charge in [-0.1, -0.05) is 6.58 Å². The number of benzene rings is 2. The summed E-state index contributed by atoms with van der Waals surface area (Å²) in [7, 11) is 3.74.